The normalized spacial score (nSPS) is 19.4. The van der Waals surface area contributed by atoms with Crippen LogP contribution in [0.2, 0.25) is 0 Å². The number of nitrogens with one attached hydrogen (secondary N) is 1. The van der Waals surface area contributed by atoms with Gasteiger partial charge in [0.15, 0.2) is 6.29 Å². The lowest BCUT2D eigenvalue weighted by molar-refractivity contribution is -0.302. The topological polar surface area (TPSA) is 175 Å². The van der Waals surface area contributed by atoms with Crippen molar-refractivity contribution < 1.29 is 49.3 Å². The van der Waals surface area contributed by atoms with Crippen molar-refractivity contribution in [1.82, 2.24) is 5.32 Å². The molecule has 1 fully saturated rings. The van der Waals surface area contributed by atoms with E-state index in [-0.39, 0.29) is 18.5 Å². The molecule has 0 spiro atoms. The number of carbonyl (C=O) groups is 2. The Morgan fingerprint density at radius 3 is 1.49 bits per heavy atom. The zero-order valence-corrected chi connectivity index (χ0v) is 45.0. The van der Waals surface area contributed by atoms with Crippen molar-refractivity contribution in [3.05, 3.63) is 36.5 Å². The molecule has 0 aliphatic carbocycles. The maximum absolute atomic E-state index is 13.0. The number of rotatable bonds is 50. The Morgan fingerprint density at radius 2 is 0.971 bits per heavy atom. The molecule has 0 saturated carbocycles. The van der Waals surface area contributed by atoms with Crippen molar-refractivity contribution in [2.45, 2.75) is 307 Å². The molecule has 7 atom stereocenters. The highest BCUT2D eigenvalue weighted by molar-refractivity contribution is 5.76. The molecule has 410 valence electrons. The number of carbonyl (C=O) groups excluding carboxylic acids is 2. The minimum Gasteiger partial charge on any atom is -0.466 e. The van der Waals surface area contributed by atoms with Gasteiger partial charge in [0.1, 0.15) is 24.4 Å². The Labute approximate surface area is 428 Å². The summed E-state index contributed by atoms with van der Waals surface area (Å²) in [5.74, 6) is -0.208. The average Bonchev–Trinajstić information content (AvgIpc) is 3.36. The number of unbranched alkanes of at least 4 members (excludes halogenated alkanes) is 32. The lowest BCUT2D eigenvalue weighted by Gasteiger charge is -2.40. The van der Waals surface area contributed by atoms with Gasteiger partial charge in [-0.3, -0.25) is 9.59 Å². The van der Waals surface area contributed by atoms with Gasteiger partial charge in [-0.2, -0.15) is 0 Å². The van der Waals surface area contributed by atoms with Crippen LogP contribution in [0.1, 0.15) is 264 Å². The molecule has 7 unspecified atom stereocenters. The first kappa shape index (κ1) is 65.9. The van der Waals surface area contributed by atoms with Crippen LogP contribution in [0.25, 0.3) is 0 Å². The van der Waals surface area contributed by atoms with Crippen LogP contribution in [0.15, 0.2) is 36.5 Å². The molecule has 0 bridgehead atoms. The van der Waals surface area contributed by atoms with Crippen molar-refractivity contribution >= 4 is 11.9 Å². The van der Waals surface area contributed by atoms with Crippen molar-refractivity contribution in [3.8, 4) is 0 Å². The van der Waals surface area contributed by atoms with Crippen molar-refractivity contribution in [3.63, 3.8) is 0 Å². The Morgan fingerprint density at radius 1 is 0.529 bits per heavy atom. The summed E-state index contributed by atoms with van der Waals surface area (Å²) in [6, 6.07) is -0.811. The fraction of sp³-hybridized carbons (Fsp3) is 0.864. The molecule has 1 aliphatic rings. The van der Waals surface area contributed by atoms with Gasteiger partial charge in [0.05, 0.1) is 32.0 Å². The lowest BCUT2D eigenvalue weighted by atomic mass is 9.99. The highest BCUT2D eigenvalue weighted by Gasteiger charge is 2.44. The summed E-state index contributed by atoms with van der Waals surface area (Å²) in [5, 5.41) is 54.2. The molecule has 0 aromatic heterocycles. The van der Waals surface area contributed by atoms with Crippen LogP contribution in [0, 0.1) is 0 Å². The molecule has 11 nitrogen and oxygen atoms in total. The second kappa shape index (κ2) is 49.1. The second-order valence-electron chi connectivity index (χ2n) is 20.3. The van der Waals surface area contributed by atoms with E-state index < -0.39 is 49.5 Å². The van der Waals surface area contributed by atoms with Crippen LogP contribution >= 0.6 is 0 Å². The average molecular weight is 993 g/mol. The molecule has 0 aromatic rings. The molecule has 70 heavy (non-hydrogen) atoms. The molecule has 1 aliphatic heterocycles. The van der Waals surface area contributed by atoms with E-state index in [1.165, 1.54) is 161 Å². The summed E-state index contributed by atoms with van der Waals surface area (Å²) in [4.78, 5) is 25.0. The first-order valence-electron chi connectivity index (χ1n) is 29.3. The zero-order valence-electron chi connectivity index (χ0n) is 45.0. The van der Waals surface area contributed by atoms with Crippen LogP contribution in [0.5, 0.6) is 0 Å². The number of hydrogen-bond donors (Lipinski definition) is 6. The zero-order chi connectivity index (χ0) is 51.0. The Bertz CT molecular complexity index is 1260. The summed E-state index contributed by atoms with van der Waals surface area (Å²) >= 11 is 0. The van der Waals surface area contributed by atoms with Gasteiger partial charge in [-0.15, -0.1) is 0 Å². The molecule has 1 heterocycles. The highest BCUT2D eigenvalue weighted by atomic mass is 16.7. The number of aliphatic hydroxyl groups excluding tert-OH is 5. The van der Waals surface area contributed by atoms with Gasteiger partial charge in [-0.25, -0.2) is 0 Å². The highest BCUT2D eigenvalue weighted by Crippen LogP contribution is 2.23. The van der Waals surface area contributed by atoms with E-state index in [0.29, 0.717) is 19.4 Å². The van der Waals surface area contributed by atoms with E-state index in [0.717, 1.165) is 77.0 Å². The summed E-state index contributed by atoms with van der Waals surface area (Å²) in [5.41, 5.74) is 0. The van der Waals surface area contributed by atoms with Crippen LogP contribution in [-0.4, -0.2) is 100 Å². The number of aliphatic hydroxyl groups is 5. The second-order valence-corrected chi connectivity index (χ2v) is 20.3. The minimum atomic E-state index is -1.57. The van der Waals surface area contributed by atoms with Crippen LogP contribution < -0.4 is 5.32 Å². The predicted octanol–water partition coefficient (Wildman–Crippen LogP) is 13.1. The van der Waals surface area contributed by atoms with E-state index in [1.54, 1.807) is 6.08 Å². The van der Waals surface area contributed by atoms with Gasteiger partial charge in [-0.05, 0) is 57.8 Å². The van der Waals surface area contributed by atoms with Gasteiger partial charge in [-0.1, -0.05) is 230 Å². The maximum atomic E-state index is 13.0. The van der Waals surface area contributed by atoms with E-state index >= 15 is 0 Å². The number of amides is 1. The largest absolute Gasteiger partial charge is 0.466 e. The van der Waals surface area contributed by atoms with Crippen LogP contribution in [0.4, 0.5) is 0 Å². The SMILES string of the molecule is CCCC/C=C\C/C=C\CCCCCCCC(=O)OCCCCCCCCCCCCCCCCCCCCCC(=O)NC(COC1OC(CO)C(O)C(O)C1O)C(O)/C=C/CCCCCCCCC. The summed E-state index contributed by atoms with van der Waals surface area (Å²) in [6.45, 7) is 4.26. The van der Waals surface area contributed by atoms with Crippen molar-refractivity contribution in [2.75, 3.05) is 19.8 Å². The summed E-state index contributed by atoms with van der Waals surface area (Å²) in [6.07, 6.45) is 49.6. The fourth-order valence-corrected chi connectivity index (χ4v) is 9.04. The third kappa shape index (κ3) is 38.5. The van der Waals surface area contributed by atoms with Gasteiger partial charge < -0.3 is 45.1 Å². The minimum absolute atomic E-state index is 0.0208. The van der Waals surface area contributed by atoms with Gasteiger partial charge >= 0.3 is 5.97 Å². The molecule has 1 rings (SSSR count). The number of allylic oxidation sites excluding steroid dienone is 5. The Balaban J connectivity index is 2.02. The molecule has 1 amide bonds. The van der Waals surface area contributed by atoms with E-state index in [1.807, 2.05) is 6.08 Å². The molecule has 6 N–H and O–H groups in total. The molecule has 0 radical (unpaired) electrons. The quantitative estimate of drug-likeness (QED) is 0.0195. The van der Waals surface area contributed by atoms with Crippen LogP contribution in [0.3, 0.4) is 0 Å². The first-order valence-corrected chi connectivity index (χ1v) is 29.3. The van der Waals surface area contributed by atoms with E-state index in [9.17, 15) is 35.1 Å². The van der Waals surface area contributed by atoms with E-state index in [4.69, 9.17) is 14.2 Å². The third-order valence-electron chi connectivity index (χ3n) is 13.7. The van der Waals surface area contributed by atoms with E-state index in [2.05, 4.69) is 43.5 Å². The van der Waals surface area contributed by atoms with Gasteiger partial charge in [0, 0.05) is 12.8 Å². The Hall–Kier alpha value is -2.12. The number of hydrogen-bond acceptors (Lipinski definition) is 10. The first-order chi connectivity index (χ1) is 34.2. The molecule has 1 saturated heterocycles. The van der Waals surface area contributed by atoms with Gasteiger partial charge in [0.25, 0.3) is 0 Å². The molecular formula is C59H109NO10. The fourth-order valence-electron chi connectivity index (χ4n) is 9.04. The Kier molecular flexibility index (Phi) is 46.2. The van der Waals surface area contributed by atoms with Crippen molar-refractivity contribution in [2.24, 2.45) is 0 Å². The number of ether oxygens (including phenoxy) is 3. The number of esters is 1. The van der Waals surface area contributed by atoms with Crippen molar-refractivity contribution in [1.29, 1.82) is 0 Å². The standard InChI is InChI=1S/C59H109NO10/c1-3-5-7-9-11-13-14-15-24-27-31-35-39-43-47-55(64)68-48-44-40-36-32-28-25-22-20-18-16-17-19-21-23-26-30-34-38-42-46-54(63)60-51(52(62)45-41-37-33-29-12-10-8-6-4-2)50-69-59-58(67)57(66)56(65)53(49-61)70-59/h9,11,14-15,41,45,51-53,56-59,61-62,65-67H,3-8,10,12-13,16-40,42-44,46-50H2,1-2H3,(H,60,63)/b11-9-,15-14-,45-41+. The molecule has 11 heteroatoms. The smallest absolute Gasteiger partial charge is 0.305 e. The maximum Gasteiger partial charge on any atom is 0.305 e. The molecule has 0 aromatic carbocycles. The lowest BCUT2D eigenvalue weighted by Crippen LogP contribution is -2.60. The predicted molar refractivity (Wildman–Crippen MR) is 287 cm³/mol. The molecular weight excluding hydrogens is 883 g/mol. The van der Waals surface area contributed by atoms with Gasteiger partial charge in [0.2, 0.25) is 5.91 Å². The monoisotopic (exact) mass is 992 g/mol. The third-order valence-corrected chi connectivity index (χ3v) is 13.7. The van der Waals surface area contributed by atoms with Crippen LogP contribution in [-0.2, 0) is 23.8 Å². The summed E-state index contributed by atoms with van der Waals surface area (Å²) < 4.78 is 16.7. The summed E-state index contributed by atoms with van der Waals surface area (Å²) in [7, 11) is 0.